The number of nitrogens with zero attached hydrogens (tertiary/aromatic N) is 1. The second kappa shape index (κ2) is 5.89. The fourth-order valence-electron chi connectivity index (χ4n) is 1.85. The van der Waals surface area contributed by atoms with Crippen LogP contribution in [0.3, 0.4) is 0 Å². The number of halogens is 1. The number of ether oxygens (including phenoxy) is 1. The second-order valence-electron chi connectivity index (χ2n) is 3.76. The lowest BCUT2D eigenvalue weighted by atomic mass is 10.0. The van der Waals surface area contributed by atoms with E-state index in [4.69, 9.17) is 20.8 Å². The van der Waals surface area contributed by atoms with Gasteiger partial charge in [-0.3, -0.25) is 4.98 Å². The van der Waals surface area contributed by atoms with E-state index in [1.165, 1.54) is 0 Å². The van der Waals surface area contributed by atoms with E-state index >= 15 is 0 Å². The molecule has 5 heteroatoms. The minimum atomic E-state index is -0.0656. The first-order valence-electron chi connectivity index (χ1n) is 5.74. The molecule has 4 nitrogen and oxygen atoms in total. The second-order valence-corrected chi connectivity index (χ2v) is 4.10. The monoisotopic (exact) mass is 266 g/mol. The summed E-state index contributed by atoms with van der Waals surface area (Å²) < 4.78 is 10.6. The third-order valence-corrected chi connectivity index (χ3v) is 2.93. The highest BCUT2D eigenvalue weighted by molar-refractivity contribution is 6.29. The molecule has 0 aliphatic heterocycles. The zero-order chi connectivity index (χ0) is 13.0. The molecule has 0 saturated carbocycles. The molecule has 18 heavy (non-hydrogen) atoms. The molecule has 0 bridgehead atoms. The maximum Gasteiger partial charge on any atom is 0.198 e. The zero-order valence-electron chi connectivity index (χ0n) is 10.3. The van der Waals surface area contributed by atoms with E-state index in [0.29, 0.717) is 11.8 Å². The Labute approximate surface area is 111 Å². The van der Waals surface area contributed by atoms with Crippen molar-refractivity contribution in [1.29, 1.82) is 0 Å². The van der Waals surface area contributed by atoms with Crippen LogP contribution in [0.2, 0.25) is 5.22 Å². The van der Waals surface area contributed by atoms with Gasteiger partial charge in [-0.1, -0.05) is 0 Å². The molecule has 2 aromatic heterocycles. The van der Waals surface area contributed by atoms with Gasteiger partial charge in [0.1, 0.15) is 5.75 Å². The summed E-state index contributed by atoms with van der Waals surface area (Å²) in [5.74, 6) is 0.745. The van der Waals surface area contributed by atoms with Crippen LogP contribution in [-0.2, 0) is 0 Å². The van der Waals surface area contributed by atoms with Crippen molar-refractivity contribution >= 4 is 11.6 Å². The summed E-state index contributed by atoms with van der Waals surface area (Å²) in [6.07, 6.45) is 5.05. The van der Waals surface area contributed by atoms with Gasteiger partial charge in [-0.25, -0.2) is 0 Å². The molecule has 0 saturated heterocycles. The molecule has 1 atom stereocenters. The molecular formula is C13H15ClN2O2. The molecule has 0 fully saturated rings. The van der Waals surface area contributed by atoms with Crippen molar-refractivity contribution in [1.82, 2.24) is 10.3 Å². The third-order valence-electron chi connectivity index (χ3n) is 2.62. The van der Waals surface area contributed by atoms with Crippen molar-refractivity contribution in [2.75, 3.05) is 13.7 Å². The van der Waals surface area contributed by atoms with Gasteiger partial charge in [0.05, 0.1) is 25.1 Å². The molecule has 0 radical (unpaired) electrons. The van der Waals surface area contributed by atoms with Crippen LogP contribution in [0.15, 0.2) is 35.2 Å². The van der Waals surface area contributed by atoms with E-state index < -0.39 is 0 Å². The zero-order valence-corrected chi connectivity index (χ0v) is 11.1. The summed E-state index contributed by atoms with van der Waals surface area (Å²) >= 11 is 6.01. The molecule has 0 aliphatic carbocycles. The Morgan fingerprint density at radius 2 is 2.33 bits per heavy atom. The lowest BCUT2D eigenvalue weighted by Crippen LogP contribution is -2.17. The lowest BCUT2D eigenvalue weighted by Gasteiger charge is -2.16. The summed E-state index contributed by atoms with van der Waals surface area (Å²) in [5, 5.41) is 3.58. The first-order chi connectivity index (χ1) is 8.76. The largest absolute Gasteiger partial charge is 0.492 e. The van der Waals surface area contributed by atoms with Gasteiger partial charge in [0.15, 0.2) is 5.22 Å². The van der Waals surface area contributed by atoms with Gasteiger partial charge in [-0.2, -0.15) is 0 Å². The molecule has 0 aliphatic rings. The SMILES string of the molecule is CCOc1cncc(C(NC)c2ccoc2Cl)c1. The van der Waals surface area contributed by atoms with E-state index in [-0.39, 0.29) is 6.04 Å². The van der Waals surface area contributed by atoms with Crippen molar-refractivity contribution < 1.29 is 9.15 Å². The Morgan fingerprint density at radius 3 is 2.94 bits per heavy atom. The van der Waals surface area contributed by atoms with E-state index in [2.05, 4.69) is 10.3 Å². The van der Waals surface area contributed by atoms with Crippen molar-refractivity contribution in [3.63, 3.8) is 0 Å². The molecule has 96 valence electrons. The number of furan rings is 1. The average molecular weight is 267 g/mol. The summed E-state index contributed by atoms with van der Waals surface area (Å²) in [7, 11) is 1.86. The standard InChI is InChI=1S/C13H15ClN2O2/c1-3-17-10-6-9(7-16-8-10)12(15-2)11-4-5-18-13(11)14/h4-8,12,15H,3H2,1-2H3. The van der Waals surface area contributed by atoms with Crippen LogP contribution in [0.4, 0.5) is 0 Å². The van der Waals surface area contributed by atoms with Crippen LogP contribution in [-0.4, -0.2) is 18.6 Å². The van der Waals surface area contributed by atoms with Gasteiger partial charge in [0, 0.05) is 11.8 Å². The molecule has 2 aromatic rings. The van der Waals surface area contributed by atoms with Crippen LogP contribution in [0, 0.1) is 0 Å². The van der Waals surface area contributed by atoms with Gasteiger partial charge >= 0.3 is 0 Å². The van der Waals surface area contributed by atoms with Gasteiger partial charge in [-0.15, -0.1) is 0 Å². The smallest absolute Gasteiger partial charge is 0.198 e. The fraction of sp³-hybridized carbons (Fsp3) is 0.308. The summed E-state index contributed by atoms with van der Waals surface area (Å²) in [6.45, 7) is 2.55. The Bertz CT molecular complexity index is 513. The molecule has 2 rings (SSSR count). The predicted octanol–water partition coefficient (Wildman–Crippen LogP) is 3.04. The minimum absolute atomic E-state index is 0.0656. The Morgan fingerprint density at radius 1 is 1.50 bits per heavy atom. The normalized spacial score (nSPS) is 12.4. The summed E-state index contributed by atoms with van der Waals surface area (Å²) in [4.78, 5) is 4.17. The van der Waals surface area contributed by atoms with E-state index in [1.54, 1.807) is 18.7 Å². The van der Waals surface area contributed by atoms with Crippen molar-refractivity contribution in [2.24, 2.45) is 0 Å². The van der Waals surface area contributed by atoms with E-state index in [0.717, 1.165) is 16.9 Å². The van der Waals surface area contributed by atoms with Crippen molar-refractivity contribution in [3.8, 4) is 5.75 Å². The van der Waals surface area contributed by atoms with E-state index in [9.17, 15) is 0 Å². The average Bonchev–Trinajstić information content (AvgIpc) is 2.78. The molecule has 1 N–H and O–H groups in total. The molecule has 0 amide bonds. The molecule has 0 spiro atoms. The summed E-state index contributed by atoms with van der Waals surface area (Å²) in [5.41, 5.74) is 1.86. The molecule has 0 aromatic carbocycles. The Kier molecular flexibility index (Phi) is 4.23. The lowest BCUT2D eigenvalue weighted by molar-refractivity contribution is 0.338. The van der Waals surface area contributed by atoms with Gasteiger partial charge in [0.2, 0.25) is 0 Å². The molecule has 2 heterocycles. The van der Waals surface area contributed by atoms with Crippen LogP contribution < -0.4 is 10.1 Å². The molecule has 1 unspecified atom stereocenters. The van der Waals surface area contributed by atoms with Gasteiger partial charge in [-0.05, 0) is 43.3 Å². The number of aromatic nitrogens is 1. The van der Waals surface area contributed by atoms with Gasteiger partial charge < -0.3 is 14.5 Å². The number of rotatable bonds is 5. The fourth-order valence-corrected chi connectivity index (χ4v) is 2.07. The van der Waals surface area contributed by atoms with Crippen LogP contribution in [0.5, 0.6) is 5.75 Å². The maximum atomic E-state index is 6.01. The Balaban J connectivity index is 2.33. The van der Waals surface area contributed by atoms with Crippen LogP contribution >= 0.6 is 11.6 Å². The van der Waals surface area contributed by atoms with Crippen molar-refractivity contribution in [3.05, 3.63) is 47.1 Å². The van der Waals surface area contributed by atoms with Crippen molar-refractivity contribution in [2.45, 2.75) is 13.0 Å². The third kappa shape index (κ3) is 2.66. The quantitative estimate of drug-likeness (QED) is 0.904. The van der Waals surface area contributed by atoms with E-state index in [1.807, 2.05) is 26.1 Å². The Hall–Kier alpha value is -1.52. The number of pyridine rings is 1. The first kappa shape index (κ1) is 12.9. The highest BCUT2D eigenvalue weighted by atomic mass is 35.5. The first-order valence-corrected chi connectivity index (χ1v) is 6.12. The number of hydrogen-bond acceptors (Lipinski definition) is 4. The highest BCUT2D eigenvalue weighted by Gasteiger charge is 2.18. The topological polar surface area (TPSA) is 47.3 Å². The van der Waals surface area contributed by atoms with Crippen LogP contribution in [0.1, 0.15) is 24.1 Å². The minimum Gasteiger partial charge on any atom is -0.492 e. The molecular weight excluding hydrogens is 252 g/mol. The highest BCUT2D eigenvalue weighted by Crippen LogP contribution is 2.29. The van der Waals surface area contributed by atoms with Crippen LogP contribution in [0.25, 0.3) is 0 Å². The summed E-state index contributed by atoms with van der Waals surface area (Å²) in [6, 6.07) is 3.72. The predicted molar refractivity (Wildman–Crippen MR) is 70.0 cm³/mol. The number of nitrogens with one attached hydrogen (secondary N) is 1. The number of hydrogen-bond donors (Lipinski definition) is 1. The maximum absolute atomic E-state index is 6.01. The van der Waals surface area contributed by atoms with Gasteiger partial charge in [0.25, 0.3) is 0 Å².